The maximum atomic E-state index is 12.6. The number of hydrogen-bond donors (Lipinski definition) is 0. The highest BCUT2D eigenvalue weighted by atomic mass is 32.2. The predicted octanol–water partition coefficient (Wildman–Crippen LogP) is 4.19. The molecule has 1 aromatic heterocycles. The van der Waals surface area contributed by atoms with E-state index in [-0.39, 0.29) is 4.90 Å². The van der Waals surface area contributed by atoms with Gasteiger partial charge in [-0.15, -0.1) is 11.3 Å². The van der Waals surface area contributed by atoms with E-state index in [1.807, 2.05) is 17.5 Å². The molecule has 7 heteroatoms. The van der Waals surface area contributed by atoms with Gasteiger partial charge in [0.2, 0.25) is 0 Å². The van der Waals surface area contributed by atoms with Crippen molar-refractivity contribution in [2.45, 2.75) is 4.90 Å². The molecule has 0 aliphatic carbocycles. The molecule has 0 spiro atoms. The van der Waals surface area contributed by atoms with Crippen molar-refractivity contribution in [1.82, 2.24) is 0 Å². The minimum absolute atomic E-state index is 0.210. The van der Waals surface area contributed by atoms with Gasteiger partial charge in [0.1, 0.15) is 5.75 Å². The van der Waals surface area contributed by atoms with Gasteiger partial charge in [0, 0.05) is 18.0 Å². The Labute approximate surface area is 162 Å². The Morgan fingerprint density at radius 1 is 1.00 bits per heavy atom. The SMILES string of the molecule is CN(c1ccc(OC(=O)C=Cc2cccs2)cc1)S(=O)(=O)c1ccccc1. The van der Waals surface area contributed by atoms with E-state index in [9.17, 15) is 13.2 Å². The van der Waals surface area contributed by atoms with E-state index in [0.29, 0.717) is 11.4 Å². The Morgan fingerprint density at radius 3 is 2.33 bits per heavy atom. The maximum absolute atomic E-state index is 12.6. The number of nitrogens with zero attached hydrogens (tertiary/aromatic N) is 1. The molecule has 0 saturated carbocycles. The molecule has 0 radical (unpaired) electrons. The number of benzene rings is 2. The third-order valence-electron chi connectivity index (χ3n) is 3.75. The van der Waals surface area contributed by atoms with Crippen LogP contribution in [-0.4, -0.2) is 21.4 Å². The molecule has 1 heterocycles. The van der Waals surface area contributed by atoms with E-state index in [0.717, 1.165) is 4.88 Å². The van der Waals surface area contributed by atoms with Gasteiger partial charge in [-0.05, 0) is 53.9 Å². The van der Waals surface area contributed by atoms with Crippen LogP contribution in [0, 0.1) is 0 Å². The van der Waals surface area contributed by atoms with Crippen LogP contribution in [0.5, 0.6) is 5.75 Å². The summed E-state index contributed by atoms with van der Waals surface area (Å²) >= 11 is 1.52. The van der Waals surface area contributed by atoms with Gasteiger partial charge in [0.15, 0.2) is 0 Å². The van der Waals surface area contributed by atoms with Crippen molar-refractivity contribution in [2.75, 3.05) is 11.4 Å². The van der Waals surface area contributed by atoms with E-state index < -0.39 is 16.0 Å². The minimum atomic E-state index is -3.65. The third-order valence-corrected chi connectivity index (χ3v) is 6.38. The fourth-order valence-electron chi connectivity index (χ4n) is 2.30. The molecule has 0 fully saturated rings. The smallest absolute Gasteiger partial charge is 0.336 e. The Kier molecular flexibility index (Phi) is 5.73. The van der Waals surface area contributed by atoms with Crippen molar-refractivity contribution in [1.29, 1.82) is 0 Å². The Morgan fingerprint density at radius 2 is 1.70 bits per heavy atom. The van der Waals surface area contributed by atoms with Crippen LogP contribution in [0.15, 0.2) is 83.1 Å². The molecule has 2 aromatic carbocycles. The van der Waals surface area contributed by atoms with Gasteiger partial charge >= 0.3 is 5.97 Å². The largest absolute Gasteiger partial charge is 0.423 e. The lowest BCUT2D eigenvalue weighted by molar-refractivity contribution is -0.128. The topological polar surface area (TPSA) is 63.7 Å². The molecule has 0 atom stereocenters. The van der Waals surface area contributed by atoms with Crippen molar-refractivity contribution in [2.24, 2.45) is 0 Å². The Hall–Kier alpha value is -2.90. The van der Waals surface area contributed by atoms with Crippen LogP contribution >= 0.6 is 11.3 Å². The number of rotatable bonds is 6. The van der Waals surface area contributed by atoms with E-state index in [4.69, 9.17) is 4.74 Å². The third kappa shape index (κ3) is 4.64. The monoisotopic (exact) mass is 399 g/mol. The zero-order valence-corrected chi connectivity index (χ0v) is 16.1. The average Bonchev–Trinajstić information content (AvgIpc) is 3.21. The van der Waals surface area contributed by atoms with Crippen LogP contribution in [0.25, 0.3) is 6.08 Å². The molecule has 0 aliphatic heterocycles. The first-order valence-corrected chi connectivity index (χ1v) is 10.4. The molecule has 0 N–H and O–H groups in total. The second-order valence-electron chi connectivity index (χ2n) is 5.55. The van der Waals surface area contributed by atoms with Gasteiger partial charge < -0.3 is 4.74 Å². The van der Waals surface area contributed by atoms with Crippen LogP contribution in [0.3, 0.4) is 0 Å². The van der Waals surface area contributed by atoms with E-state index in [2.05, 4.69) is 0 Å². The molecule has 5 nitrogen and oxygen atoms in total. The van der Waals surface area contributed by atoms with Crippen molar-refractivity contribution < 1.29 is 17.9 Å². The van der Waals surface area contributed by atoms with Crippen LogP contribution in [0.2, 0.25) is 0 Å². The number of ether oxygens (including phenoxy) is 1. The molecular weight excluding hydrogens is 382 g/mol. The average molecular weight is 399 g/mol. The van der Waals surface area contributed by atoms with Crippen LogP contribution in [-0.2, 0) is 14.8 Å². The molecular formula is C20H17NO4S2. The number of hydrogen-bond acceptors (Lipinski definition) is 5. The van der Waals surface area contributed by atoms with E-state index in [1.165, 1.54) is 28.8 Å². The second kappa shape index (κ2) is 8.20. The summed E-state index contributed by atoms with van der Waals surface area (Å²) in [6, 6.07) is 18.3. The molecule has 0 unspecified atom stereocenters. The number of anilines is 1. The van der Waals surface area contributed by atoms with Crippen molar-refractivity contribution >= 4 is 39.1 Å². The summed E-state index contributed by atoms with van der Waals surface area (Å²) in [5.74, 6) is -0.161. The lowest BCUT2D eigenvalue weighted by Gasteiger charge is -2.19. The second-order valence-corrected chi connectivity index (χ2v) is 8.50. The molecule has 0 aliphatic rings. The molecule has 0 saturated heterocycles. The summed E-state index contributed by atoms with van der Waals surface area (Å²) in [5.41, 5.74) is 0.466. The molecule has 3 aromatic rings. The first-order valence-electron chi connectivity index (χ1n) is 8.04. The standard InChI is InChI=1S/C20H17NO4S2/c1-21(27(23,24)19-7-3-2-4-8-19)16-9-11-17(12-10-16)25-20(22)14-13-18-6-5-15-26-18/h2-15H,1H3. The minimum Gasteiger partial charge on any atom is -0.423 e. The van der Waals surface area contributed by atoms with Gasteiger partial charge in [0.05, 0.1) is 10.6 Å². The summed E-state index contributed by atoms with van der Waals surface area (Å²) in [4.78, 5) is 13.0. The zero-order chi connectivity index (χ0) is 19.3. The van der Waals surface area contributed by atoms with Crippen LogP contribution in [0.4, 0.5) is 5.69 Å². The summed E-state index contributed by atoms with van der Waals surface area (Å²) in [6.07, 6.45) is 3.04. The number of thiophene rings is 1. The van der Waals surface area contributed by atoms with Crippen LogP contribution in [0.1, 0.15) is 4.88 Å². The van der Waals surface area contributed by atoms with Gasteiger partial charge in [-0.3, -0.25) is 4.31 Å². The summed E-state index contributed by atoms with van der Waals surface area (Å²) in [6.45, 7) is 0. The summed E-state index contributed by atoms with van der Waals surface area (Å²) < 4.78 is 31.7. The predicted molar refractivity (Wildman–Crippen MR) is 107 cm³/mol. The van der Waals surface area contributed by atoms with Crippen molar-refractivity contribution in [3.8, 4) is 5.75 Å². The van der Waals surface area contributed by atoms with Crippen molar-refractivity contribution in [3.05, 3.63) is 83.1 Å². The lowest BCUT2D eigenvalue weighted by Crippen LogP contribution is -2.26. The normalized spacial score (nSPS) is 11.4. The number of carbonyl (C=O) groups is 1. The molecule has 0 bridgehead atoms. The highest BCUT2D eigenvalue weighted by Crippen LogP contribution is 2.24. The fourth-order valence-corrected chi connectivity index (χ4v) is 4.13. The first-order chi connectivity index (χ1) is 13.0. The van der Waals surface area contributed by atoms with Gasteiger partial charge in [-0.25, -0.2) is 13.2 Å². The quantitative estimate of drug-likeness (QED) is 0.354. The number of carbonyl (C=O) groups excluding carboxylic acids is 1. The Bertz CT molecular complexity index is 1030. The van der Waals surface area contributed by atoms with Gasteiger partial charge in [0.25, 0.3) is 10.0 Å². The number of sulfonamides is 1. The van der Waals surface area contributed by atoms with Crippen molar-refractivity contribution in [3.63, 3.8) is 0 Å². The van der Waals surface area contributed by atoms with Crippen LogP contribution < -0.4 is 9.04 Å². The first kappa shape index (κ1) is 18.9. The number of esters is 1. The fraction of sp³-hybridized carbons (Fsp3) is 0.0500. The zero-order valence-electron chi connectivity index (χ0n) is 14.5. The van der Waals surface area contributed by atoms with Gasteiger partial charge in [-0.2, -0.15) is 0 Å². The van der Waals surface area contributed by atoms with Gasteiger partial charge in [-0.1, -0.05) is 24.3 Å². The molecule has 3 rings (SSSR count). The Balaban J connectivity index is 1.69. The van der Waals surface area contributed by atoms with E-state index >= 15 is 0 Å². The molecule has 27 heavy (non-hydrogen) atoms. The maximum Gasteiger partial charge on any atom is 0.336 e. The lowest BCUT2D eigenvalue weighted by atomic mass is 10.3. The van der Waals surface area contributed by atoms with E-state index in [1.54, 1.807) is 60.7 Å². The molecule has 0 amide bonds. The summed E-state index contributed by atoms with van der Waals surface area (Å²) in [5, 5.41) is 1.92. The highest BCUT2D eigenvalue weighted by Gasteiger charge is 2.20. The molecule has 138 valence electrons. The highest BCUT2D eigenvalue weighted by molar-refractivity contribution is 7.92. The summed E-state index contributed by atoms with van der Waals surface area (Å²) in [7, 11) is -2.17.